The molecule has 19 heavy (non-hydrogen) atoms. The molecule has 1 aromatic heterocycles. The van der Waals surface area contributed by atoms with E-state index < -0.39 is 0 Å². The van der Waals surface area contributed by atoms with Crippen LogP contribution in [0.15, 0.2) is 18.3 Å². The third kappa shape index (κ3) is 2.84. The second-order valence-electron chi connectivity index (χ2n) is 5.37. The SMILES string of the molecule is CCC1CCN(C(=O)c2cccn2CC)C(CN)C1. The zero-order chi connectivity index (χ0) is 13.8. The van der Waals surface area contributed by atoms with Crippen LogP contribution in [0.2, 0.25) is 0 Å². The summed E-state index contributed by atoms with van der Waals surface area (Å²) in [6, 6.07) is 4.05. The van der Waals surface area contributed by atoms with Gasteiger partial charge in [-0.2, -0.15) is 0 Å². The molecule has 0 spiro atoms. The van der Waals surface area contributed by atoms with Gasteiger partial charge in [-0.1, -0.05) is 13.3 Å². The molecule has 0 bridgehead atoms. The van der Waals surface area contributed by atoms with E-state index in [9.17, 15) is 4.79 Å². The van der Waals surface area contributed by atoms with Crippen LogP contribution in [0.1, 0.15) is 43.6 Å². The molecule has 2 unspecified atom stereocenters. The van der Waals surface area contributed by atoms with Crippen LogP contribution in [-0.4, -0.2) is 34.5 Å². The molecule has 106 valence electrons. The quantitative estimate of drug-likeness (QED) is 0.904. The fraction of sp³-hybridized carbons (Fsp3) is 0.667. The topological polar surface area (TPSA) is 51.3 Å². The lowest BCUT2D eigenvalue weighted by Crippen LogP contribution is -2.49. The van der Waals surface area contributed by atoms with Crippen molar-refractivity contribution in [3.8, 4) is 0 Å². The number of piperidine rings is 1. The van der Waals surface area contributed by atoms with Crippen molar-refractivity contribution in [3.05, 3.63) is 24.0 Å². The van der Waals surface area contributed by atoms with Crippen molar-refractivity contribution >= 4 is 5.91 Å². The summed E-state index contributed by atoms with van der Waals surface area (Å²) in [7, 11) is 0. The first-order valence-corrected chi connectivity index (χ1v) is 7.37. The Kier molecular flexibility index (Phi) is 4.64. The van der Waals surface area contributed by atoms with Crippen LogP contribution in [-0.2, 0) is 6.54 Å². The Hall–Kier alpha value is -1.29. The maximum absolute atomic E-state index is 12.7. The molecule has 0 aliphatic carbocycles. The molecular formula is C15H25N3O. The first-order valence-electron chi connectivity index (χ1n) is 7.37. The van der Waals surface area contributed by atoms with Crippen LogP contribution in [0, 0.1) is 5.92 Å². The van der Waals surface area contributed by atoms with Gasteiger partial charge in [-0.05, 0) is 37.8 Å². The highest BCUT2D eigenvalue weighted by Gasteiger charge is 2.31. The zero-order valence-electron chi connectivity index (χ0n) is 12.0. The second kappa shape index (κ2) is 6.24. The summed E-state index contributed by atoms with van der Waals surface area (Å²) in [4.78, 5) is 14.6. The number of carbonyl (C=O) groups excluding carboxylic acids is 1. The number of carbonyl (C=O) groups is 1. The largest absolute Gasteiger partial charge is 0.344 e. The van der Waals surface area contributed by atoms with Gasteiger partial charge in [0.15, 0.2) is 0 Å². The van der Waals surface area contributed by atoms with Gasteiger partial charge in [-0.25, -0.2) is 0 Å². The highest BCUT2D eigenvalue weighted by atomic mass is 16.2. The Morgan fingerprint density at radius 3 is 2.89 bits per heavy atom. The second-order valence-corrected chi connectivity index (χ2v) is 5.37. The van der Waals surface area contributed by atoms with Gasteiger partial charge in [0.05, 0.1) is 0 Å². The van der Waals surface area contributed by atoms with Gasteiger partial charge in [-0.3, -0.25) is 4.79 Å². The van der Waals surface area contributed by atoms with E-state index >= 15 is 0 Å². The fourth-order valence-corrected chi connectivity index (χ4v) is 3.03. The Morgan fingerprint density at radius 2 is 2.26 bits per heavy atom. The molecule has 1 aliphatic rings. The average molecular weight is 263 g/mol. The number of nitrogens with two attached hydrogens (primary N) is 1. The molecule has 1 saturated heterocycles. The number of aromatic nitrogens is 1. The Morgan fingerprint density at radius 1 is 1.47 bits per heavy atom. The van der Waals surface area contributed by atoms with Crippen LogP contribution in [0.25, 0.3) is 0 Å². The fourth-order valence-electron chi connectivity index (χ4n) is 3.03. The van der Waals surface area contributed by atoms with Crippen LogP contribution in [0.5, 0.6) is 0 Å². The van der Waals surface area contributed by atoms with Crippen molar-refractivity contribution in [2.75, 3.05) is 13.1 Å². The number of aryl methyl sites for hydroxylation is 1. The van der Waals surface area contributed by atoms with Crippen molar-refractivity contribution in [1.29, 1.82) is 0 Å². The Balaban J connectivity index is 2.14. The molecule has 2 atom stereocenters. The molecule has 4 nitrogen and oxygen atoms in total. The van der Waals surface area contributed by atoms with Crippen LogP contribution >= 0.6 is 0 Å². The molecule has 2 heterocycles. The smallest absolute Gasteiger partial charge is 0.270 e. The number of hydrogen-bond donors (Lipinski definition) is 1. The molecule has 1 aromatic rings. The molecule has 2 N–H and O–H groups in total. The number of rotatable bonds is 4. The first kappa shape index (κ1) is 14.1. The summed E-state index contributed by atoms with van der Waals surface area (Å²) in [5, 5.41) is 0. The van der Waals surface area contributed by atoms with Crippen molar-refractivity contribution in [3.63, 3.8) is 0 Å². The molecular weight excluding hydrogens is 238 g/mol. The van der Waals surface area contributed by atoms with Crippen LogP contribution in [0.4, 0.5) is 0 Å². The number of nitrogens with zero attached hydrogens (tertiary/aromatic N) is 2. The first-order chi connectivity index (χ1) is 9.21. The predicted molar refractivity (Wildman–Crippen MR) is 77.0 cm³/mol. The maximum Gasteiger partial charge on any atom is 0.270 e. The standard InChI is InChI=1S/C15H25N3O/c1-3-12-7-9-18(13(10-12)11-16)15(19)14-6-5-8-17(14)4-2/h5-6,8,12-13H,3-4,7,9-11,16H2,1-2H3. The molecule has 1 fully saturated rings. The van der Waals surface area contributed by atoms with Gasteiger partial charge in [0.1, 0.15) is 5.69 Å². The normalized spacial score (nSPS) is 23.6. The Labute approximate surface area is 115 Å². The van der Waals surface area contributed by atoms with Gasteiger partial charge in [0, 0.05) is 31.9 Å². The highest BCUT2D eigenvalue weighted by molar-refractivity contribution is 5.93. The molecule has 2 rings (SSSR count). The third-order valence-electron chi connectivity index (χ3n) is 4.32. The minimum atomic E-state index is 0.136. The summed E-state index contributed by atoms with van der Waals surface area (Å²) in [6.07, 6.45) is 5.30. The molecule has 1 aliphatic heterocycles. The molecule has 1 amide bonds. The summed E-state index contributed by atoms with van der Waals surface area (Å²) < 4.78 is 2.00. The highest BCUT2D eigenvalue weighted by Crippen LogP contribution is 2.26. The minimum absolute atomic E-state index is 0.136. The van der Waals surface area contributed by atoms with Crippen molar-refractivity contribution in [1.82, 2.24) is 9.47 Å². The van der Waals surface area contributed by atoms with Crippen molar-refractivity contribution < 1.29 is 4.79 Å². The van der Waals surface area contributed by atoms with E-state index in [0.717, 1.165) is 37.5 Å². The van der Waals surface area contributed by atoms with E-state index in [1.807, 2.05) is 27.8 Å². The zero-order valence-corrected chi connectivity index (χ0v) is 12.0. The van der Waals surface area contributed by atoms with Crippen LogP contribution < -0.4 is 5.73 Å². The number of hydrogen-bond acceptors (Lipinski definition) is 2. The van der Waals surface area contributed by atoms with Gasteiger partial charge in [0.25, 0.3) is 5.91 Å². The lowest BCUT2D eigenvalue weighted by Gasteiger charge is -2.39. The minimum Gasteiger partial charge on any atom is -0.344 e. The van der Waals surface area contributed by atoms with Crippen LogP contribution in [0.3, 0.4) is 0 Å². The third-order valence-corrected chi connectivity index (χ3v) is 4.32. The van der Waals surface area contributed by atoms with E-state index in [1.165, 1.54) is 6.42 Å². The van der Waals surface area contributed by atoms with Crippen molar-refractivity contribution in [2.45, 2.75) is 45.7 Å². The van der Waals surface area contributed by atoms with E-state index in [-0.39, 0.29) is 11.9 Å². The maximum atomic E-state index is 12.7. The van der Waals surface area contributed by atoms with E-state index in [1.54, 1.807) is 0 Å². The van der Waals surface area contributed by atoms with Crippen molar-refractivity contribution in [2.24, 2.45) is 11.7 Å². The Bertz CT molecular complexity index is 427. The molecule has 4 heteroatoms. The lowest BCUT2D eigenvalue weighted by atomic mass is 9.88. The van der Waals surface area contributed by atoms with Gasteiger partial charge in [-0.15, -0.1) is 0 Å². The van der Waals surface area contributed by atoms with E-state index in [4.69, 9.17) is 5.73 Å². The molecule has 0 radical (unpaired) electrons. The average Bonchev–Trinajstić information content (AvgIpc) is 2.94. The van der Waals surface area contributed by atoms with E-state index in [2.05, 4.69) is 13.8 Å². The van der Waals surface area contributed by atoms with Gasteiger partial charge >= 0.3 is 0 Å². The van der Waals surface area contributed by atoms with Gasteiger partial charge in [0.2, 0.25) is 0 Å². The monoisotopic (exact) mass is 263 g/mol. The van der Waals surface area contributed by atoms with Gasteiger partial charge < -0.3 is 15.2 Å². The number of likely N-dealkylation sites (tertiary alicyclic amines) is 1. The summed E-state index contributed by atoms with van der Waals surface area (Å²) >= 11 is 0. The summed E-state index contributed by atoms with van der Waals surface area (Å²) in [6.45, 7) is 6.51. The lowest BCUT2D eigenvalue weighted by molar-refractivity contribution is 0.0548. The summed E-state index contributed by atoms with van der Waals surface area (Å²) in [5.74, 6) is 0.854. The number of amides is 1. The van der Waals surface area contributed by atoms with E-state index in [0.29, 0.717) is 6.54 Å². The summed E-state index contributed by atoms with van der Waals surface area (Å²) in [5.41, 5.74) is 6.66. The molecule has 0 saturated carbocycles. The predicted octanol–water partition coefficient (Wildman–Crippen LogP) is 2.10. The molecule has 0 aromatic carbocycles.